The van der Waals surface area contributed by atoms with Gasteiger partial charge in [-0.25, -0.2) is 0 Å². The quantitative estimate of drug-likeness (QED) is 0.535. The van der Waals surface area contributed by atoms with Gasteiger partial charge in [0.1, 0.15) is 0 Å². The van der Waals surface area contributed by atoms with E-state index in [4.69, 9.17) is 0 Å². The zero-order chi connectivity index (χ0) is 5.82. The summed E-state index contributed by atoms with van der Waals surface area (Å²) in [6.45, 7) is 0. The molecule has 1 aromatic carbocycles. The van der Waals surface area contributed by atoms with Gasteiger partial charge in [-0.15, -0.1) is 0 Å². The molecule has 0 fully saturated rings. The summed E-state index contributed by atoms with van der Waals surface area (Å²) in [5.74, 6) is 0. The van der Waals surface area contributed by atoms with E-state index in [1.165, 1.54) is 0 Å². The van der Waals surface area contributed by atoms with Crippen LogP contribution in [-0.2, 0) is 0 Å². The van der Waals surface area contributed by atoms with E-state index >= 15 is 0 Å². The second-order valence-corrected chi connectivity index (χ2v) is 10.6. The third-order valence-electron chi connectivity index (χ3n) is 0.997. The second-order valence-electron chi connectivity index (χ2n) is 1.62. The first-order valence-corrected chi connectivity index (χ1v) is 17.5. The molecule has 0 spiro atoms. The molecule has 0 amide bonds. The zero-order valence-corrected chi connectivity index (χ0v) is 11.1. The molecule has 0 saturated carbocycles. The molecular formula is C6H5BaI. The van der Waals surface area contributed by atoms with Gasteiger partial charge in [-0.2, -0.15) is 0 Å². The normalized spacial score (nSPS) is 8.12. The van der Waals surface area contributed by atoms with Crippen molar-refractivity contribution in [3.63, 3.8) is 0 Å². The summed E-state index contributed by atoms with van der Waals surface area (Å²) in [5.41, 5.74) is 0. The van der Waals surface area contributed by atoms with Gasteiger partial charge in [0.15, 0.2) is 0 Å². The number of halogens is 1. The molecule has 0 heterocycles. The van der Waals surface area contributed by atoms with Crippen LogP contribution in [-0.4, -0.2) is 38.1 Å². The van der Waals surface area contributed by atoms with Gasteiger partial charge in [0.05, 0.1) is 0 Å². The van der Waals surface area contributed by atoms with Crippen LogP contribution in [0.3, 0.4) is 0 Å². The van der Waals surface area contributed by atoms with Crippen LogP contribution >= 0.6 is 12.0 Å². The van der Waals surface area contributed by atoms with Crippen LogP contribution in [0.25, 0.3) is 0 Å². The van der Waals surface area contributed by atoms with E-state index in [2.05, 4.69) is 42.3 Å². The topological polar surface area (TPSA) is 0 Å². The molecule has 1 aromatic rings. The summed E-state index contributed by atoms with van der Waals surface area (Å²) in [6, 6.07) is 10.8. The Hall–Kier alpha value is 1.52. The molecule has 0 aliphatic rings. The van der Waals surface area contributed by atoms with Crippen molar-refractivity contribution in [2.24, 2.45) is 0 Å². The van der Waals surface area contributed by atoms with E-state index in [1.807, 2.05) is 0 Å². The number of hydrogen-bond acceptors (Lipinski definition) is 0. The van der Waals surface area contributed by atoms with Crippen molar-refractivity contribution >= 4 is 50.1 Å². The molecule has 0 radical (unpaired) electrons. The van der Waals surface area contributed by atoms with Crippen LogP contribution < -0.4 is 0.0314 Å². The van der Waals surface area contributed by atoms with E-state index in [0.717, 1.165) is 0 Å². The summed E-state index contributed by atoms with van der Waals surface area (Å²) >= 11 is 2.01. The van der Waals surface area contributed by atoms with E-state index in [1.54, 1.807) is 0.0314 Å². The Kier molecular flexibility index (Phi) is 4.15. The molecule has 0 aliphatic carbocycles. The Balaban J connectivity index is 2.83. The molecule has 0 bridgehead atoms. The van der Waals surface area contributed by atoms with Crippen LogP contribution in [0.1, 0.15) is 0 Å². The average Bonchev–Trinajstić information content (AvgIpc) is 1.90. The van der Waals surface area contributed by atoms with Gasteiger partial charge in [0, 0.05) is 0 Å². The van der Waals surface area contributed by atoms with E-state index < -0.39 is 38.1 Å². The Morgan fingerprint density at radius 1 is 1.12 bits per heavy atom. The monoisotopic (exact) mass is 342 g/mol. The van der Waals surface area contributed by atoms with Crippen molar-refractivity contribution in [3.05, 3.63) is 30.3 Å². The van der Waals surface area contributed by atoms with Gasteiger partial charge in [-0.3, -0.25) is 0 Å². The minimum atomic E-state index is -0.568. The van der Waals surface area contributed by atoms with Gasteiger partial charge >= 0.3 is 80.5 Å². The van der Waals surface area contributed by atoms with E-state index in [-0.39, 0.29) is 0 Å². The Labute approximate surface area is 78.3 Å². The van der Waals surface area contributed by atoms with Gasteiger partial charge in [-0.05, 0) is 0 Å². The number of rotatable bonds is 1. The van der Waals surface area contributed by atoms with Crippen molar-refractivity contribution in [3.8, 4) is 0 Å². The molecule has 1 rings (SSSR count). The summed E-state index contributed by atoms with van der Waals surface area (Å²) < 4.78 is 1.62. The fraction of sp³-hybridized carbons (Fsp3) is 0. The second kappa shape index (κ2) is 4.35. The molecule has 0 saturated heterocycles. The molecule has 0 aliphatic heterocycles. The Morgan fingerprint density at radius 3 is 2.12 bits per heavy atom. The Bertz CT molecular complexity index is 150. The Morgan fingerprint density at radius 2 is 1.75 bits per heavy atom. The van der Waals surface area contributed by atoms with Crippen molar-refractivity contribution in [2.45, 2.75) is 0 Å². The standard InChI is InChI=1S/C6H5.Ba.HI/c1-2-4-6-5-3-1;;/h1-5H;;1H/q;+1;/p-1. The fourth-order valence-electron chi connectivity index (χ4n) is 0.567. The first kappa shape index (κ1) is 7.63. The van der Waals surface area contributed by atoms with Gasteiger partial charge in [-0.1, -0.05) is 0 Å². The van der Waals surface area contributed by atoms with Crippen molar-refractivity contribution in [2.75, 3.05) is 0 Å². The molecule has 0 atom stereocenters. The molecule has 0 unspecified atom stereocenters. The summed E-state index contributed by atoms with van der Waals surface area (Å²) in [5, 5.41) is 0. The van der Waals surface area contributed by atoms with Crippen molar-refractivity contribution < 1.29 is 0 Å². The first-order valence-electron chi connectivity index (χ1n) is 2.53. The summed E-state index contributed by atoms with van der Waals surface area (Å²) in [6.07, 6.45) is 0. The van der Waals surface area contributed by atoms with Crippen molar-refractivity contribution in [1.82, 2.24) is 0 Å². The van der Waals surface area contributed by atoms with E-state index in [9.17, 15) is 0 Å². The predicted molar refractivity (Wildman–Crippen MR) is 45.9 cm³/mol. The first-order chi connectivity index (χ1) is 3.93. The molecule has 0 aromatic heterocycles. The minimum absolute atomic E-state index is 0.568. The molecular weight excluding hydrogens is 336 g/mol. The van der Waals surface area contributed by atoms with Crippen molar-refractivity contribution in [1.29, 1.82) is 0 Å². The molecule has 0 N–H and O–H groups in total. The third-order valence-corrected chi connectivity index (χ3v) is 9.86. The summed E-state index contributed by atoms with van der Waals surface area (Å²) in [7, 11) is 0. The molecule has 38 valence electrons. The van der Waals surface area contributed by atoms with Gasteiger partial charge in [0.25, 0.3) is 0 Å². The van der Waals surface area contributed by atoms with Crippen LogP contribution in [0.5, 0.6) is 0 Å². The average molecular weight is 341 g/mol. The maximum absolute atomic E-state index is 2.58. The van der Waals surface area contributed by atoms with E-state index in [0.29, 0.717) is 0 Å². The molecule has 0 nitrogen and oxygen atoms in total. The van der Waals surface area contributed by atoms with Crippen LogP contribution in [0.4, 0.5) is 0 Å². The number of hydrogen-bond donors (Lipinski definition) is 0. The predicted octanol–water partition coefficient (Wildman–Crippen LogP) is 1.37. The fourth-order valence-corrected chi connectivity index (χ4v) is 5.68. The van der Waals surface area contributed by atoms with Gasteiger partial charge < -0.3 is 0 Å². The van der Waals surface area contributed by atoms with Crippen LogP contribution in [0.2, 0.25) is 0 Å². The number of benzene rings is 1. The molecule has 2 heteroatoms. The van der Waals surface area contributed by atoms with Crippen LogP contribution in [0.15, 0.2) is 30.3 Å². The molecule has 8 heavy (non-hydrogen) atoms. The van der Waals surface area contributed by atoms with Crippen LogP contribution in [0, 0.1) is 0 Å². The summed E-state index contributed by atoms with van der Waals surface area (Å²) in [4.78, 5) is 0. The zero-order valence-electron chi connectivity index (χ0n) is 4.47. The SMILES string of the molecule is [I][Ba][c]1ccccc1. The van der Waals surface area contributed by atoms with Gasteiger partial charge in [0.2, 0.25) is 0 Å². The third kappa shape index (κ3) is 2.41. The maximum atomic E-state index is 2.58.